The summed E-state index contributed by atoms with van der Waals surface area (Å²) in [4.78, 5) is 12.5. The summed E-state index contributed by atoms with van der Waals surface area (Å²) < 4.78 is 40.3. The van der Waals surface area contributed by atoms with E-state index in [0.29, 0.717) is 10.3 Å². The summed E-state index contributed by atoms with van der Waals surface area (Å²) in [6.07, 6.45) is 2.37. The molecule has 1 aliphatic carbocycles. The van der Waals surface area contributed by atoms with Crippen molar-refractivity contribution in [2.45, 2.75) is 70.1 Å². The van der Waals surface area contributed by atoms with Crippen molar-refractivity contribution in [1.82, 2.24) is 14.3 Å². The maximum Gasteiger partial charge on any atom is 0.424 e. The zero-order valence-corrected chi connectivity index (χ0v) is 26.0. The highest BCUT2D eigenvalue weighted by molar-refractivity contribution is 7.87. The highest BCUT2D eigenvalue weighted by atomic mass is 32.2. The van der Waals surface area contributed by atoms with Crippen LogP contribution >= 0.6 is 0 Å². The Labute approximate surface area is 250 Å². The van der Waals surface area contributed by atoms with Gasteiger partial charge in [-0.3, -0.25) is 0 Å². The fourth-order valence-corrected chi connectivity index (χ4v) is 6.24. The maximum atomic E-state index is 13.1. The van der Waals surface area contributed by atoms with Gasteiger partial charge in [0.05, 0.1) is 7.11 Å². The molecule has 226 valence electrons. The number of ether oxygens (including phenoxy) is 2. The molecule has 0 heterocycles. The van der Waals surface area contributed by atoms with Crippen molar-refractivity contribution in [1.29, 1.82) is 0 Å². The molecule has 8 nitrogen and oxygen atoms in total. The average Bonchev–Trinajstić information content (AvgIpc) is 2.99. The van der Waals surface area contributed by atoms with Crippen LogP contribution in [-0.2, 0) is 26.9 Å². The van der Waals surface area contributed by atoms with Crippen molar-refractivity contribution in [3.05, 3.63) is 90.0 Å². The molecule has 0 atom stereocenters. The van der Waals surface area contributed by atoms with Gasteiger partial charge in [-0.15, -0.1) is 0 Å². The number of amides is 1. The minimum atomic E-state index is -4.11. The molecule has 1 amide bonds. The summed E-state index contributed by atoms with van der Waals surface area (Å²) in [5.74, 6) is 0.722. The predicted molar refractivity (Wildman–Crippen MR) is 167 cm³/mol. The first-order valence-electron chi connectivity index (χ1n) is 14.4. The number of benzene rings is 3. The Morgan fingerprint density at radius 1 is 0.952 bits per heavy atom. The molecule has 42 heavy (non-hydrogen) atoms. The normalized spacial score (nSPS) is 19.2. The quantitative estimate of drug-likeness (QED) is 0.298. The van der Waals surface area contributed by atoms with Crippen molar-refractivity contribution >= 4 is 16.3 Å². The summed E-state index contributed by atoms with van der Waals surface area (Å²) in [6.45, 7) is 6.01. The molecule has 0 aromatic heterocycles. The van der Waals surface area contributed by atoms with Gasteiger partial charge in [-0.2, -0.15) is 17.4 Å². The van der Waals surface area contributed by atoms with E-state index in [4.69, 9.17) is 9.47 Å². The number of rotatable bonds is 10. The largest absolute Gasteiger partial charge is 0.497 e. The van der Waals surface area contributed by atoms with Gasteiger partial charge in [-0.05, 0) is 80.8 Å². The highest BCUT2D eigenvalue weighted by Gasteiger charge is 2.39. The molecule has 1 saturated carbocycles. The van der Waals surface area contributed by atoms with E-state index in [0.717, 1.165) is 43.5 Å². The van der Waals surface area contributed by atoms with E-state index in [1.54, 1.807) is 27.9 Å². The van der Waals surface area contributed by atoms with Gasteiger partial charge in [0, 0.05) is 31.6 Å². The summed E-state index contributed by atoms with van der Waals surface area (Å²) in [5, 5.41) is 3.70. The topological polar surface area (TPSA) is 97.0 Å². The van der Waals surface area contributed by atoms with E-state index in [1.165, 1.54) is 23.7 Å². The average molecular weight is 594 g/mol. The molecule has 1 aliphatic rings. The zero-order chi connectivity index (χ0) is 30.4. The van der Waals surface area contributed by atoms with Crippen LogP contribution in [0.2, 0.25) is 0 Å². The first-order chi connectivity index (χ1) is 19.9. The summed E-state index contributed by atoms with van der Waals surface area (Å²) >= 11 is 0. The standard InChI is InChI=1S/C33H43N3O5S/c1-32(2,3)41-31(37)36(4)42(38,39)35-24-33(28-12-9-13-30(22-28)40-5)20-18-29(19-21-33)34-23-25-14-16-27(17-15-25)26-10-7-6-8-11-26/h6-17,22,29,34-35H,18-21,23-24H2,1-5H3. The second-order valence-electron chi connectivity index (χ2n) is 12.0. The van der Waals surface area contributed by atoms with E-state index in [2.05, 4.69) is 46.4 Å². The van der Waals surface area contributed by atoms with Crippen molar-refractivity contribution < 1.29 is 22.7 Å². The Balaban J connectivity index is 1.42. The van der Waals surface area contributed by atoms with Crippen molar-refractivity contribution in [2.24, 2.45) is 0 Å². The van der Waals surface area contributed by atoms with E-state index in [-0.39, 0.29) is 6.54 Å². The van der Waals surface area contributed by atoms with Gasteiger partial charge in [0.2, 0.25) is 0 Å². The van der Waals surface area contributed by atoms with Crippen LogP contribution in [0.5, 0.6) is 5.75 Å². The monoisotopic (exact) mass is 593 g/mol. The van der Waals surface area contributed by atoms with Crippen LogP contribution in [0.1, 0.15) is 57.6 Å². The fourth-order valence-electron chi connectivity index (χ4n) is 5.35. The Morgan fingerprint density at radius 2 is 1.60 bits per heavy atom. The van der Waals surface area contributed by atoms with Gasteiger partial charge < -0.3 is 14.8 Å². The van der Waals surface area contributed by atoms with Crippen LogP contribution < -0.4 is 14.8 Å². The number of hydrogen-bond donors (Lipinski definition) is 2. The van der Waals surface area contributed by atoms with Crippen molar-refractivity contribution in [3.63, 3.8) is 0 Å². The van der Waals surface area contributed by atoms with Gasteiger partial charge in [0.15, 0.2) is 0 Å². The number of nitrogens with one attached hydrogen (secondary N) is 2. The van der Waals surface area contributed by atoms with E-state index >= 15 is 0 Å². The molecular formula is C33H43N3O5S. The molecule has 0 radical (unpaired) electrons. The van der Waals surface area contributed by atoms with Gasteiger partial charge in [0.1, 0.15) is 11.4 Å². The van der Waals surface area contributed by atoms with Crippen molar-refractivity contribution in [3.8, 4) is 16.9 Å². The summed E-state index contributed by atoms with van der Waals surface area (Å²) in [5.41, 5.74) is 3.37. The third kappa shape index (κ3) is 8.12. The molecular weight excluding hydrogens is 550 g/mol. The molecule has 0 saturated heterocycles. The number of hydrogen-bond acceptors (Lipinski definition) is 6. The van der Waals surface area contributed by atoms with Gasteiger partial charge in [-0.25, -0.2) is 4.79 Å². The lowest BCUT2D eigenvalue weighted by Gasteiger charge is -2.41. The van der Waals surface area contributed by atoms with Crippen LogP contribution in [0.4, 0.5) is 4.79 Å². The van der Waals surface area contributed by atoms with E-state index in [1.807, 2.05) is 42.5 Å². The molecule has 2 N–H and O–H groups in total. The third-order valence-corrected chi connectivity index (χ3v) is 9.26. The number of carbonyl (C=O) groups excluding carboxylic acids is 1. The molecule has 0 spiro atoms. The number of methoxy groups -OCH3 is 1. The first kappa shape index (κ1) is 31.5. The van der Waals surface area contributed by atoms with Crippen LogP contribution in [-0.4, -0.2) is 51.2 Å². The molecule has 0 bridgehead atoms. The Morgan fingerprint density at radius 3 is 2.21 bits per heavy atom. The number of carbonyl (C=O) groups is 1. The molecule has 0 aliphatic heterocycles. The minimum absolute atomic E-state index is 0.156. The van der Waals surface area contributed by atoms with Crippen LogP contribution in [0, 0.1) is 0 Å². The minimum Gasteiger partial charge on any atom is -0.497 e. The van der Waals surface area contributed by atoms with E-state index in [9.17, 15) is 13.2 Å². The van der Waals surface area contributed by atoms with Crippen LogP contribution in [0.25, 0.3) is 11.1 Å². The molecule has 4 rings (SSSR count). The first-order valence-corrected chi connectivity index (χ1v) is 15.8. The van der Waals surface area contributed by atoms with Gasteiger partial charge >= 0.3 is 16.3 Å². The predicted octanol–water partition coefficient (Wildman–Crippen LogP) is 6.03. The Bertz CT molecular complexity index is 1430. The molecule has 3 aromatic carbocycles. The SMILES string of the molecule is COc1cccc(C2(CNS(=O)(=O)N(C)C(=O)OC(C)(C)C)CCC(NCc3ccc(-c4ccccc4)cc3)CC2)c1. The van der Waals surface area contributed by atoms with Crippen LogP contribution in [0.15, 0.2) is 78.9 Å². The summed E-state index contributed by atoms with van der Waals surface area (Å²) in [6, 6.07) is 27.1. The van der Waals surface area contributed by atoms with Crippen molar-refractivity contribution in [2.75, 3.05) is 20.7 Å². The molecule has 0 unspecified atom stereocenters. The Kier molecular flexibility index (Phi) is 9.97. The molecule has 1 fully saturated rings. The second-order valence-corrected chi connectivity index (χ2v) is 13.8. The van der Waals surface area contributed by atoms with E-state index < -0.39 is 27.3 Å². The summed E-state index contributed by atoms with van der Waals surface area (Å²) in [7, 11) is -1.28. The lowest BCUT2D eigenvalue weighted by atomic mass is 9.68. The zero-order valence-electron chi connectivity index (χ0n) is 25.2. The van der Waals surface area contributed by atoms with Gasteiger partial charge in [-0.1, -0.05) is 66.7 Å². The lowest BCUT2D eigenvalue weighted by Crippen LogP contribution is -2.50. The van der Waals surface area contributed by atoms with Crippen LogP contribution in [0.3, 0.4) is 0 Å². The highest BCUT2D eigenvalue weighted by Crippen LogP contribution is 2.40. The fraction of sp³-hybridized carbons (Fsp3) is 0.424. The smallest absolute Gasteiger partial charge is 0.424 e. The number of nitrogens with zero attached hydrogens (tertiary/aromatic N) is 1. The second kappa shape index (κ2) is 13.3. The third-order valence-electron chi connectivity index (χ3n) is 7.88. The molecule has 9 heteroatoms. The lowest BCUT2D eigenvalue weighted by molar-refractivity contribution is 0.0418. The maximum absolute atomic E-state index is 13.1. The van der Waals surface area contributed by atoms with Gasteiger partial charge in [0.25, 0.3) is 0 Å². The molecule has 3 aromatic rings. The Hall–Kier alpha value is -3.40.